The summed E-state index contributed by atoms with van der Waals surface area (Å²) in [4.78, 5) is 29.1. The molecule has 2 saturated heterocycles. The van der Waals surface area contributed by atoms with E-state index >= 15 is 0 Å². The number of amides is 2. The number of hydrogen-bond donors (Lipinski definition) is 0. The first-order valence-corrected chi connectivity index (χ1v) is 5.58. The number of imide groups is 1. The van der Waals surface area contributed by atoms with E-state index in [1.807, 2.05) is 19.1 Å². The molecule has 5 heteroatoms. The molecule has 4 atom stereocenters. The van der Waals surface area contributed by atoms with Gasteiger partial charge in [0.15, 0.2) is 0 Å². The maximum absolute atomic E-state index is 12.0. The lowest BCUT2D eigenvalue weighted by Gasteiger charge is -2.16. The standard InChI is InChI=1S/C11H13NO4/c1-2-5-15-12-10(13)8-6-3-4-7(16-6)9(8)11(12)14/h3-4,6-9H,2,5H2,1H3/t6-,7-,8-,9+/m0/s1. The fraction of sp³-hybridized carbons (Fsp3) is 0.636. The van der Waals surface area contributed by atoms with Crippen LogP contribution in [0.4, 0.5) is 0 Å². The van der Waals surface area contributed by atoms with Crippen LogP contribution in [0.25, 0.3) is 0 Å². The van der Waals surface area contributed by atoms with Gasteiger partial charge in [-0.3, -0.25) is 14.4 Å². The average molecular weight is 223 g/mol. The van der Waals surface area contributed by atoms with Gasteiger partial charge in [-0.1, -0.05) is 19.1 Å². The second kappa shape index (κ2) is 3.40. The Labute approximate surface area is 92.9 Å². The highest BCUT2D eigenvalue weighted by Gasteiger charge is 2.61. The zero-order valence-corrected chi connectivity index (χ0v) is 8.96. The molecule has 0 spiro atoms. The normalized spacial score (nSPS) is 39.9. The number of rotatable bonds is 3. The SMILES string of the molecule is CCCON1C(=O)[C@@H]2[C@H](C1=O)[C@@H]1C=C[C@@H]2O1. The fourth-order valence-corrected chi connectivity index (χ4v) is 2.59. The maximum Gasteiger partial charge on any atom is 0.260 e. The first-order chi connectivity index (χ1) is 7.74. The molecule has 2 fully saturated rings. The van der Waals surface area contributed by atoms with Gasteiger partial charge < -0.3 is 4.74 Å². The maximum atomic E-state index is 12.0. The number of carbonyl (C=O) groups is 2. The number of fused-ring (bicyclic) bond motifs is 5. The molecule has 0 saturated carbocycles. The van der Waals surface area contributed by atoms with E-state index in [1.54, 1.807) is 0 Å². The lowest BCUT2D eigenvalue weighted by Crippen LogP contribution is -2.34. The summed E-state index contributed by atoms with van der Waals surface area (Å²) in [5, 5.41) is 0.939. The quantitative estimate of drug-likeness (QED) is 0.509. The van der Waals surface area contributed by atoms with Crippen molar-refractivity contribution in [1.82, 2.24) is 5.06 Å². The molecule has 0 aliphatic carbocycles. The van der Waals surface area contributed by atoms with Crippen LogP contribution in [0.1, 0.15) is 13.3 Å². The van der Waals surface area contributed by atoms with Gasteiger partial charge in [-0.2, -0.15) is 5.06 Å². The van der Waals surface area contributed by atoms with Crippen LogP contribution >= 0.6 is 0 Å². The highest BCUT2D eigenvalue weighted by atomic mass is 16.7. The summed E-state index contributed by atoms with van der Waals surface area (Å²) in [6, 6.07) is 0. The molecule has 3 rings (SSSR count). The van der Waals surface area contributed by atoms with Gasteiger partial charge in [-0.25, -0.2) is 0 Å². The Balaban J connectivity index is 1.83. The highest BCUT2D eigenvalue weighted by Crippen LogP contribution is 2.45. The third-order valence-corrected chi connectivity index (χ3v) is 3.29. The Morgan fingerprint density at radius 2 is 1.81 bits per heavy atom. The Morgan fingerprint density at radius 3 is 2.31 bits per heavy atom. The van der Waals surface area contributed by atoms with Gasteiger partial charge in [0.1, 0.15) is 0 Å². The smallest absolute Gasteiger partial charge is 0.260 e. The predicted octanol–water partition coefficient (Wildman–Crippen LogP) is 0.266. The second-order valence-electron chi connectivity index (χ2n) is 4.31. The van der Waals surface area contributed by atoms with E-state index in [0.717, 1.165) is 11.5 Å². The van der Waals surface area contributed by atoms with Gasteiger partial charge in [0.25, 0.3) is 11.8 Å². The topological polar surface area (TPSA) is 55.8 Å². The van der Waals surface area contributed by atoms with E-state index in [2.05, 4.69) is 0 Å². The molecule has 5 nitrogen and oxygen atoms in total. The number of hydrogen-bond acceptors (Lipinski definition) is 4. The van der Waals surface area contributed by atoms with E-state index in [1.165, 1.54) is 0 Å². The Morgan fingerprint density at radius 1 is 1.25 bits per heavy atom. The van der Waals surface area contributed by atoms with E-state index in [4.69, 9.17) is 9.57 Å². The van der Waals surface area contributed by atoms with Crippen LogP contribution in [-0.2, 0) is 19.2 Å². The zero-order chi connectivity index (χ0) is 11.3. The van der Waals surface area contributed by atoms with Crippen molar-refractivity contribution in [3.8, 4) is 0 Å². The lowest BCUT2D eigenvalue weighted by atomic mass is 9.85. The minimum Gasteiger partial charge on any atom is -0.365 e. The van der Waals surface area contributed by atoms with Gasteiger partial charge in [-0.05, 0) is 6.42 Å². The van der Waals surface area contributed by atoms with Crippen LogP contribution < -0.4 is 0 Å². The van der Waals surface area contributed by atoms with Gasteiger partial charge in [0.2, 0.25) is 0 Å². The van der Waals surface area contributed by atoms with Gasteiger partial charge in [0.05, 0.1) is 30.7 Å². The van der Waals surface area contributed by atoms with Crippen molar-refractivity contribution in [3.63, 3.8) is 0 Å². The van der Waals surface area contributed by atoms with Gasteiger partial charge >= 0.3 is 0 Å². The average Bonchev–Trinajstić information content (AvgIpc) is 2.92. The summed E-state index contributed by atoms with van der Waals surface area (Å²) in [5.41, 5.74) is 0. The second-order valence-corrected chi connectivity index (χ2v) is 4.31. The molecule has 0 N–H and O–H groups in total. The summed E-state index contributed by atoms with van der Waals surface area (Å²) >= 11 is 0. The van der Waals surface area contributed by atoms with Crippen molar-refractivity contribution in [2.24, 2.45) is 11.8 Å². The minimum atomic E-state index is -0.362. The molecule has 0 aromatic rings. The summed E-state index contributed by atoms with van der Waals surface area (Å²) in [6.07, 6.45) is 4.03. The lowest BCUT2D eigenvalue weighted by molar-refractivity contribution is -0.191. The molecular formula is C11H13NO4. The molecular weight excluding hydrogens is 210 g/mol. The molecule has 3 aliphatic heterocycles. The molecule has 86 valence electrons. The first-order valence-electron chi connectivity index (χ1n) is 5.58. The minimum absolute atomic E-state index is 0.235. The molecule has 3 aliphatic rings. The Hall–Kier alpha value is -1.20. The monoisotopic (exact) mass is 223 g/mol. The Bertz CT molecular complexity index is 348. The molecule has 2 bridgehead atoms. The molecule has 0 unspecified atom stereocenters. The number of ether oxygens (including phenoxy) is 1. The first kappa shape index (κ1) is 9.99. The number of nitrogens with zero attached hydrogens (tertiary/aromatic N) is 1. The zero-order valence-electron chi connectivity index (χ0n) is 8.96. The summed E-state index contributed by atoms with van der Waals surface area (Å²) in [5.74, 6) is -1.22. The van der Waals surface area contributed by atoms with Crippen LogP contribution in [-0.4, -0.2) is 35.7 Å². The largest absolute Gasteiger partial charge is 0.365 e. The fourth-order valence-electron chi connectivity index (χ4n) is 2.59. The van der Waals surface area contributed by atoms with Crippen LogP contribution in [0.2, 0.25) is 0 Å². The predicted molar refractivity (Wildman–Crippen MR) is 52.9 cm³/mol. The molecule has 0 aromatic carbocycles. The van der Waals surface area contributed by atoms with Crippen molar-refractivity contribution in [2.45, 2.75) is 25.6 Å². The molecule has 0 aromatic heterocycles. The van der Waals surface area contributed by atoms with Crippen molar-refractivity contribution in [2.75, 3.05) is 6.61 Å². The van der Waals surface area contributed by atoms with E-state index < -0.39 is 0 Å². The summed E-state index contributed by atoms with van der Waals surface area (Å²) in [6.45, 7) is 2.32. The van der Waals surface area contributed by atoms with Gasteiger partial charge in [-0.15, -0.1) is 0 Å². The number of hydroxylamine groups is 2. The highest BCUT2D eigenvalue weighted by molar-refractivity contribution is 6.05. The van der Waals surface area contributed by atoms with E-state index in [0.29, 0.717) is 6.61 Å². The van der Waals surface area contributed by atoms with Crippen LogP contribution in [0.3, 0.4) is 0 Å². The van der Waals surface area contributed by atoms with Crippen molar-refractivity contribution in [1.29, 1.82) is 0 Å². The third kappa shape index (κ3) is 1.13. The molecule has 0 radical (unpaired) electrons. The summed E-state index contributed by atoms with van der Waals surface area (Å²) < 4.78 is 5.50. The molecule has 3 heterocycles. The van der Waals surface area contributed by atoms with Crippen LogP contribution in [0.15, 0.2) is 12.2 Å². The van der Waals surface area contributed by atoms with Crippen molar-refractivity contribution < 1.29 is 19.2 Å². The third-order valence-electron chi connectivity index (χ3n) is 3.29. The molecule has 2 amide bonds. The Kier molecular flexibility index (Phi) is 2.12. The van der Waals surface area contributed by atoms with E-state index in [9.17, 15) is 9.59 Å². The van der Waals surface area contributed by atoms with E-state index in [-0.39, 0.29) is 35.9 Å². The number of carbonyl (C=O) groups excluding carboxylic acids is 2. The van der Waals surface area contributed by atoms with Crippen LogP contribution in [0.5, 0.6) is 0 Å². The van der Waals surface area contributed by atoms with Crippen molar-refractivity contribution >= 4 is 11.8 Å². The van der Waals surface area contributed by atoms with Gasteiger partial charge in [0, 0.05) is 0 Å². The van der Waals surface area contributed by atoms with Crippen LogP contribution in [0, 0.1) is 11.8 Å². The molecule has 16 heavy (non-hydrogen) atoms. The summed E-state index contributed by atoms with van der Waals surface area (Å²) in [7, 11) is 0. The van der Waals surface area contributed by atoms with Crippen molar-refractivity contribution in [3.05, 3.63) is 12.2 Å².